The van der Waals surface area contributed by atoms with Crippen molar-refractivity contribution in [3.8, 4) is 0 Å². The summed E-state index contributed by atoms with van der Waals surface area (Å²) in [5, 5.41) is 8.97. The highest BCUT2D eigenvalue weighted by molar-refractivity contribution is 6.31. The molecule has 1 fully saturated rings. The number of aliphatic imine (C=N–C) groups is 1. The van der Waals surface area contributed by atoms with Crippen LogP contribution in [0.25, 0.3) is 5.70 Å². The first-order chi connectivity index (χ1) is 10.1. The summed E-state index contributed by atoms with van der Waals surface area (Å²) >= 11 is 6.30. The van der Waals surface area contributed by atoms with Crippen molar-refractivity contribution in [3.63, 3.8) is 0 Å². The lowest BCUT2D eigenvalue weighted by atomic mass is 9.98. The van der Waals surface area contributed by atoms with Gasteiger partial charge in [-0.3, -0.25) is 4.57 Å². The van der Waals surface area contributed by atoms with Crippen LogP contribution in [0, 0.1) is 0 Å². The lowest BCUT2D eigenvalue weighted by Crippen LogP contribution is -2.44. The van der Waals surface area contributed by atoms with Gasteiger partial charge < -0.3 is 4.90 Å². The highest BCUT2D eigenvalue weighted by Crippen LogP contribution is 2.37. The van der Waals surface area contributed by atoms with Gasteiger partial charge in [-0.25, -0.2) is 4.99 Å². The molecule has 1 aromatic rings. The Morgan fingerprint density at radius 3 is 2.95 bits per heavy atom. The first-order valence-electron chi connectivity index (χ1n) is 7.38. The van der Waals surface area contributed by atoms with Crippen LogP contribution in [-0.4, -0.2) is 32.0 Å². The molecule has 0 aliphatic carbocycles. The van der Waals surface area contributed by atoms with Gasteiger partial charge in [-0.15, -0.1) is 10.2 Å². The molecule has 1 aromatic heterocycles. The Balaban J connectivity index is 2.16. The Bertz CT molecular complexity index is 636. The van der Waals surface area contributed by atoms with Crippen molar-refractivity contribution in [1.82, 2.24) is 19.7 Å². The van der Waals surface area contributed by atoms with Crippen LogP contribution in [0.5, 0.6) is 0 Å². The van der Waals surface area contributed by atoms with E-state index in [1.807, 2.05) is 31.4 Å². The molecule has 1 unspecified atom stereocenters. The molecular weight excluding hydrogens is 286 g/mol. The molecular formula is C15H20ClN5. The van der Waals surface area contributed by atoms with E-state index >= 15 is 0 Å². The highest BCUT2D eigenvalue weighted by Gasteiger charge is 2.37. The number of hydrogen-bond donors (Lipinski definition) is 0. The van der Waals surface area contributed by atoms with Gasteiger partial charge in [0.15, 0.2) is 11.7 Å². The van der Waals surface area contributed by atoms with Crippen LogP contribution in [0.2, 0.25) is 0 Å². The number of aromatic nitrogens is 3. The topological polar surface area (TPSA) is 46.3 Å². The van der Waals surface area contributed by atoms with Gasteiger partial charge in [0.2, 0.25) is 0 Å². The highest BCUT2D eigenvalue weighted by atomic mass is 35.5. The quantitative estimate of drug-likeness (QED) is 0.745. The number of halogens is 1. The maximum absolute atomic E-state index is 6.30. The van der Waals surface area contributed by atoms with Gasteiger partial charge in [0.25, 0.3) is 0 Å². The van der Waals surface area contributed by atoms with Crippen molar-refractivity contribution >= 4 is 23.1 Å². The summed E-state index contributed by atoms with van der Waals surface area (Å²) in [6.45, 7) is 6.95. The van der Waals surface area contributed by atoms with Gasteiger partial charge in [-0.1, -0.05) is 17.7 Å². The van der Waals surface area contributed by atoms with Gasteiger partial charge in [-0.05, 0) is 45.6 Å². The van der Waals surface area contributed by atoms with Gasteiger partial charge in [0.05, 0.1) is 11.7 Å². The van der Waals surface area contributed by atoms with Crippen molar-refractivity contribution in [3.05, 3.63) is 29.0 Å². The fourth-order valence-corrected chi connectivity index (χ4v) is 3.04. The normalized spacial score (nSPS) is 25.0. The average molecular weight is 306 g/mol. The summed E-state index contributed by atoms with van der Waals surface area (Å²) in [5.41, 5.74) is 2.02. The standard InChI is InChI=1S/C15H20ClN5/c1-4-11-14(18-13(16)10(2)3)20-8-6-5-7-12(20)15-19-17-9-21(11)15/h4,9,12H,5-8H2,1-3H3/b11-4+,18-14+. The van der Waals surface area contributed by atoms with Crippen LogP contribution in [0.3, 0.4) is 0 Å². The van der Waals surface area contributed by atoms with E-state index in [1.165, 1.54) is 12.8 Å². The molecule has 6 heteroatoms. The van der Waals surface area contributed by atoms with Crippen LogP contribution in [0.1, 0.15) is 51.9 Å². The Hall–Kier alpha value is -1.62. The van der Waals surface area contributed by atoms with Gasteiger partial charge >= 0.3 is 0 Å². The predicted molar refractivity (Wildman–Crippen MR) is 84.9 cm³/mol. The molecule has 0 amide bonds. The van der Waals surface area contributed by atoms with Crippen molar-refractivity contribution in [2.45, 2.75) is 46.1 Å². The van der Waals surface area contributed by atoms with Crippen molar-refractivity contribution in [1.29, 1.82) is 0 Å². The maximum atomic E-state index is 6.30. The first-order valence-corrected chi connectivity index (χ1v) is 7.76. The Labute approximate surface area is 130 Å². The molecule has 0 saturated carbocycles. The summed E-state index contributed by atoms with van der Waals surface area (Å²) in [6.07, 6.45) is 7.28. The average Bonchev–Trinajstić information content (AvgIpc) is 2.96. The van der Waals surface area contributed by atoms with E-state index < -0.39 is 0 Å². The molecule has 0 spiro atoms. The second kappa shape index (κ2) is 5.64. The van der Waals surface area contributed by atoms with Gasteiger partial charge in [0, 0.05) is 6.54 Å². The Morgan fingerprint density at radius 2 is 2.24 bits per heavy atom. The molecule has 0 aromatic carbocycles. The third kappa shape index (κ3) is 2.39. The van der Waals surface area contributed by atoms with E-state index in [4.69, 9.17) is 16.6 Å². The zero-order chi connectivity index (χ0) is 15.0. The largest absolute Gasteiger partial charge is 0.345 e. The lowest BCUT2D eigenvalue weighted by Gasteiger charge is -2.41. The number of amidine groups is 1. The molecule has 0 radical (unpaired) electrons. The van der Waals surface area contributed by atoms with Crippen LogP contribution < -0.4 is 0 Å². The van der Waals surface area contributed by atoms with E-state index in [1.54, 1.807) is 6.33 Å². The smallest absolute Gasteiger partial charge is 0.160 e. The van der Waals surface area contributed by atoms with Crippen LogP contribution in [0.15, 0.2) is 28.1 Å². The summed E-state index contributed by atoms with van der Waals surface area (Å²) in [6, 6.07) is 0.255. The molecule has 3 heterocycles. The van der Waals surface area contributed by atoms with E-state index in [0.717, 1.165) is 35.9 Å². The second-order valence-electron chi connectivity index (χ2n) is 5.66. The molecule has 112 valence electrons. The third-order valence-corrected chi connectivity index (χ3v) is 4.49. The lowest BCUT2D eigenvalue weighted by molar-refractivity contribution is 0.228. The fraction of sp³-hybridized carbons (Fsp3) is 0.533. The van der Waals surface area contributed by atoms with Crippen LogP contribution >= 0.6 is 11.6 Å². The fourth-order valence-electron chi connectivity index (χ4n) is 2.96. The van der Waals surface area contributed by atoms with Crippen LogP contribution in [0.4, 0.5) is 0 Å². The number of fused-ring (bicyclic) bond motifs is 3. The Morgan fingerprint density at radius 1 is 1.43 bits per heavy atom. The van der Waals surface area contributed by atoms with E-state index in [2.05, 4.69) is 15.1 Å². The third-order valence-electron chi connectivity index (χ3n) is 4.03. The summed E-state index contributed by atoms with van der Waals surface area (Å²) in [4.78, 5) is 7.02. The summed E-state index contributed by atoms with van der Waals surface area (Å²) in [5.74, 6) is 1.94. The molecule has 3 rings (SSSR count). The maximum Gasteiger partial charge on any atom is 0.160 e. The van der Waals surface area contributed by atoms with E-state index in [9.17, 15) is 0 Å². The van der Waals surface area contributed by atoms with Crippen LogP contribution in [-0.2, 0) is 0 Å². The number of piperidine rings is 1. The zero-order valence-corrected chi connectivity index (χ0v) is 13.4. The minimum absolute atomic E-state index is 0.255. The summed E-state index contributed by atoms with van der Waals surface area (Å²) in [7, 11) is 0. The molecule has 2 aliphatic heterocycles. The zero-order valence-electron chi connectivity index (χ0n) is 12.7. The molecule has 1 atom stereocenters. The first kappa shape index (κ1) is 14.3. The molecule has 2 aliphatic rings. The van der Waals surface area contributed by atoms with Gasteiger partial charge in [0.1, 0.15) is 11.5 Å². The predicted octanol–water partition coefficient (Wildman–Crippen LogP) is 3.57. The number of hydrogen-bond acceptors (Lipinski definition) is 3. The minimum atomic E-state index is 0.255. The SMILES string of the molecule is C/C=C1\C(=N/C(Cl)=C(C)C)N2CCCCC2c2nncn21. The van der Waals surface area contributed by atoms with Crippen molar-refractivity contribution in [2.24, 2.45) is 4.99 Å². The molecule has 0 bridgehead atoms. The molecule has 5 nitrogen and oxygen atoms in total. The molecule has 0 N–H and O–H groups in total. The summed E-state index contributed by atoms with van der Waals surface area (Å²) < 4.78 is 2.04. The number of rotatable bonds is 1. The van der Waals surface area contributed by atoms with E-state index in [0.29, 0.717) is 5.16 Å². The van der Waals surface area contributed by atoms with Crippen molar-refractivity contribution < 1.29 is 0 Å². The van der Waals surface area contributed by atoms with Crippen molar-refractivity contribution in [2.75, 3.05) is 6.54 Å². The van der Waals surface area contributed by atoms with Gasteiger partial charge in [-0.2, -0.15) is 0 Å². The number of nitrogens with zero attached hydrogens (tertiary/aromatic N) is 5. The van der Waals surface area contributed by atoms with E-state index in [-0.39, 0.29) is 6.04 Å². The minimum Gasteiger partial charge on any atom is -0.345 e. The molecule has 1 saturated heterocycles. The monoisotopic (exact) mass is 305 g/mol. The Kier molecular flexibility index (Phi) is 3.85. The molecule has 21 heavy (non-hydrogen) atoms. The second-order valence-corrected chi connectivity index (χ2v) is 6.02. The number of allylic oxidation sites excluding steroid dienone is 2.